The average molecular weight is 171 g/mol. The molecule has 0 aromatic carbocycles. The second kappa shape index (κ2) is 8.05. The van der Waals surface area contributed by atoms with Crippen molar-refractivity contribution in [3.8, 4) is 0 Å². The van der Waals surface area contributed by atoms with Gasteiger partial charge >= 0.3 is 5.97 Å². The minimum absolute atomic E-state index is 0.160. The number of carboxylic acids is 1. The van der Waals surface area contributed by atoms with Crippen molar-refractivity contribution in [2.45, 2.75) is 0 Å². The van der Waals surface area contributed by atoms with Crippen molar-refractivity contribution in [3.63, 3.8) is 0 Å². The van der Waals surface area contributed by atoms with Crippen LogP contribution in [0.4, 0.5) is 0 Å². The van der Waals surface area contributed by atoms with Gasteiger partial charge in [0.1, 0.15) is 6.54 Å². The van der Waals surface area contributed by atoms with Gasteiger partial charge in [0, 0.05) is 0 Å². The fourth-order valence-corrected chi connectivity index (χ4v) is 0.363. The maximum absolute atomic E-state index is 9.67. The molecule has 5 N–H and O–H groups in total. The standard InChI is InChI=1S/C2H5NO2S2.H4N2/c4-2(5)1-3(6)7;1-2/h6-7H,1H2,(H,4,5);1-2H2. The van der Waals surface area contributed by atoms with Crippen molar-refractivity contribution >= 4 is 31.6 Å². The summed E-state index contributed by atoms with van der Waals surface area (Å²) in [6.45, 7) is -0.160. The van der Waals surface area contributed by atoms with Gasteiger partial charge in [0.2, 0.25) is 0 Å². The Morgan fingerprint density at radius 3 is 1.89 bits per heavy atom. The molecule has 0 aliphatic heterocycles. The van der Waals surface area contributed by atoms with Crippen LogP contribution >= 0.6 is 25.6 Å². The summed E-state index contributed by atoms with van der Waals surface area (Å²) in [6.07, 6.45) is 0. The molecule has 0 aliphatic rings. The lowest BCUT2D eigenvalue weighted by atomic mass is 10.7. The van der Waals surface area contributed by atoms with Gasteiger partial charge < -0.3 is 5.11 Å². The highest BCUT2D eigenvalue weighted by Gasteiger charge is 1.96. The number of carboxylic acid groups (broad SMARTS) is 1. The molecule has 9 heavy (non-hydrogen) atoms. The van der Waals surface area contributed by atoms with Gasteiger partial charge in [0.25, 0.3) is 0 Å². The lowest BCUT2D eigenvalue weighted by Crippen LogP contribution is -2.11. The molecule has 0 aromatic rings. The van der Waals surface area contributed by atoms with Gasteiger partial charge in [-0.05, 0) is 0 Å². The molecule has 0 unspecified atom stereocenters. The van der Waals surface area contributed by atoms with E-state index in [2.05, 4.69) is 37.3 Å². The molecule has 0 radical (unpaired) electrons. The lowest BCUT2D eigenvalue weighted by Gasteiger charge is -1.98. The van der Waals surface area contributed by atoms with E-state index >= 15 is 0 Å². The van der Waals surface area contributed by atoms with Crippen molar-refractivity contribution in [3.05, 3.63) is 0 Å². The minimum Gasteiger partial charge on any atom is -0.480 e. The fourth-order valence-electron chi connectivity index (χ4n) is 0.121. The largest absolute Gasteiger partial charge is 0.480 e. The Kier molecular flexibility index (Phi) is 10.6. The van der Waals surface area contributed by atoms with Crippen LogP contribution in [0.5, 0.6) is 0 Å². The molecular formula is C2H9N3O2S2. The Bertz CT molecular complexity index is 78.2. The van der Waals surface area contributed by atoms with E-state index in [9.17, 15) is 4.79 Å². The molecule has 0 heterocycles. The van der Waals surface area contributed by atoms with Crippen LogP contribution in [0.2, 0.25) is 0 Å². The smallest absolute Gasteiger partial charge is 0.319 e. The van der Waals surface area contributed by atoms with E-state index < -0.39 is 5.97 Å². The van der Waals surface area contributed by atoms with Crippen LogP contribution in [0, 0.1) is 0 Å². The normalized spacial score (nSPS) is 8.11. The summed E-state index contributed by atoms with van der Waals surface area (Å²) in [5.74, 6) is 7.06. The molecule has 0 aliphatic carbocycles. The molecule has 0 saturated heterocycles. The third kappa shape index (κ3) is 18.0. The highest BCUT2D eigenvalue weighted by molar-refractivity contribution is 7.93. The van der Waals surface area contributed by atoms with Crippen LogP contribution in [0.3, 0.4) is 0 Å². The van der Waals surface area contributed by atoms with E-state index in [0.717, 1.165) is 3.71 Å². The summed E-state index contributed by atoms with van der Waals surface area (Å²) >= 11 is 7.11. The zero-order valence-electron chi connectivity index (χ0n) is 4.56. The number of hydrogen-bond acceptors (Lipinski definition) is 6. The monoisotopic (exact) mass is 171 g/mol. The Morgan fingerprint density at radius 2 is 1.89 bits per heavy atom. The van der Waals surface area contributed by atoms with Crippen LogP contribution in [-0.2, 0) is 4.79 Å². The van der Waals surface area contributed by atoms with Crippen molar-refractivity contribution in [1.82, 2.24) is 3.71 Å². The molecule has 0 atom stereocenters. The number of carbonyl (C=O) groups is 1. The highest BCUT2D eigenvalue weighted by Crippen LogP contribution is 1.93. The molecular weight excluding hydrogens is 162 g/mol. The van der Waals surface area contributed by atoms with E-state index in [1.165, 1.54) is 0 Å². The minimum atomic E-state index is -0.940. The van der Waals surface area contributed by atoms with E-state index in [-0.39, 0.29) is 6.54 Å². The SMILES string of the molecule is NN.O=C(O)CN(S)S. The second-order valence-electron chi connectivity index (χ2n) is 0.924. The summed E-state index contributed by atoms with van der Waals surface area (Å²) in [4.78, 5) is 9.67. The predicted octanol–water partition coefficient (Wildman–Crippen LogP) is -1.12. The Hall–Kier alpha value is 0.0500. The molecule has 7 heteroatoms. The van der Waals surface area contributed by atoms with Gasteiger partial charge in [-0.3, -0.25) is 16.5 Å². The fraction of sp³-hybridized carbons (Fsp3) is 0.500. The quantitative estimate of drug-likeness (QED) is 0.206. The van der Waals surface area contributed by atoms with E-state index in [1.54, 1.807) is 0 Å². The third-order valence-electron chi connectivity index (χ3n) is 0.277. The zero-order valence-corrected chi connectivity index (χ0v) is 6.35. The number of hydrogen-bond donors (Lipinski definition) is 5. The van der Waals surface area contributed by atoms with Crippen LogP contribution in [0.15, 0.2) is 0 Å². The topological polar surface area (TPSA) is 92.6 Å². The number of aliphatic carboxylic acids is 1. The third-order valence-corrected chi connectivity index (χ3v) is 0.560. The number of nitrogens with zero attached hydrogens (tertiary/aromatic N) is 1. The number of thiol groups is 2. The number of nitrogens with two attached hydrogens (primary N) is 2. The van der Waals surface area contributed by atoms with Crippen molar-refractivity contribution < 1.29 is 9.90 Å². The van der Waals surface area contributed by atoms with Gasteiger partial charge in [-0.2, -0.15) is 3.71 Å². The highest BCUT2D eigenvalue weighted by atomic mass is 32.2. The molecule has 0 aromatic heterocycles. The molecule has 56 valence electrons. The zero-order chi connectivity index (χ0) is 7.86. The Labute approximate surface area is 64.1 Å². The summed E-state index contributed by atoms with van der Waals surface area (Å²) in [6, 6.07) is 0. The van der Waals surface area contributed by atoms with Crippen LogP contribution in [0.25, 0.3) is 0 Å². The van der Waals surface area contributed by atoms with Gasteiger partial charge in [0.05, 0.1) is 0 Å². The first-order valence-electron chi connectivity index (χ1n) is 1.83. The lowest BCUT2D eigenvalue weighted by molar-refractivity contribution is -0.136. The molecule has 0 rings (SSSR count). The van der Waals surface area contributed by atoms with Crippen molar-refractivity contribution in [1.29, 1.82) is 0 Å². The van der Waals surface area contributed by atoms with Gasteiger partial charge in [0.15, 0.2) is 0 Å². The first-order chi connectivity index (χ1) is 4.13. The summed E-state index contributed by atoms with van der Waals surface area (Å²) in [5, 5.41) is 7.94. The predicted molar refractivity (Wildman–Crippen MR) is 40.7 cm³/mol. The average Bonchev–Trinajstić information content (AvgIpc) is 1.68. The maximum atomic E-state index is 9.67. The van der Waals surface area contributed by atoms with Gasteiger partial charge in [-0.15, -0.1) is 0 Å². The van der Waals surface area contributed by atoms with Crippen LogP contribution < -0.4 is 11.7 Å². The molecule has 0 spiro atoms. The first-order valence-corrected chi connectivity index (χ1v) is 2.63. The maximum Gasteiger partial charge on any atom is 0.319 e. The van der Waals surface area contributed by atoms with E-state index in [4.69, 9.17) is 5.11 Å². The summed E-state index contributed by atoms with van der Waals surface area (Å²) in [7, 11) is 0. The van der Waals surface area contributed by atoms with Crippen LogP contribution in [0.1, 0.15) is 0 Å². The molecule has 5 nitrogen and oxygen atoms in total. The molecule has 0 bridgehead atoms. The van der Waals surface area contributed by atoms with Gasteiger partial charge in [-0.1, -0.05) is 25.6 Å². The van der Waals surface area contributed by atoms with Gasteiger partial charge in [-0.25, -0.2) is 0 Å². The summed E-state index contributed by atoms with van der Waals surface area (Å²) in [5.41, 5.74) is 0. The van der Waals surface area contributed by atoms with Crippen molar-refractivity contribution in [2.24, 2.45) is 11.7 Å². The van der Waals surface area contributed by atoms with Crippen molar-refractivity contribution in [2.75, 3.05) is 6.54 Å². The molecule has 0 saturated carbocycles. The Morgan fingerprint density at radius 1 is 1.56 bits per heavy atom. The Balaban J connectivity index is 0. The number of rotatable bonds is 2. The first kappa shape index (κ1) is 11.8. The second-order valence-corrected chi connectivity index (χ2v) is 2.21. The molecule has 0 amide bonds. The summed E-state index contributed by atoms with van der Waals surface area (Å²) < 4.78 is 0.988. The number of hydrazine groups is 1. The molecule has 0 fully saturated rings. The van der Waals surface area contributed by atoms with E-state index in [1.807, 2.05) is 0 Å². The van der Waals surface area contributed by atoms with E-state index in [0.29, 0.717) is 0 Å². The van der Waals surface area contributed by atoms with Crippen LogP contribution in [-0.4, -0.2) is 21.3 Å².